The predicted octanol–water partition coefficient (Wildman–Crippen LogP) is 3.10. The first-order valence-electron chi connectivity index (χ1n) is 6.21. The van der Waals surface area contributed by atoms with Gasteiger partial charge >= 0.3 is 0 Å². The average Bonchev–Trinajstić information content (AvgIpc) is 2.77. The van der Waals surface area contributed by atoms with E-state index in [0.29, 0.717) is 6.54 Å². The lowest BCUT2D eigenvalue weighted by Gasteiger charge is -2.12. The Labute approximate surface area is 113 Å². The number of nitrogens with zero attached hydrogens (tertiary/aromatic N) is 2. The van der Waals surface area contributed by atoms with Crippen molar-refractivity contribution in [1.29, 1.82) is 0 Å². The zero-order chi connectivity index (χ0) is 13.8. The minimum absolute atomic E-state index is 0.686. The van der Waals surface area contributed by atoms with Crippen molar-refractivity contribution in [2.75, 3.05) is 19.0 Å². The molecule has 1 N–H and O–H groups in total. The van der Waals surface area contributed by atoms with Crippen molar-refractivity contribution >= 4 is 5.95 Å². The van der Waals surface area contributed by atoms with Gasteiger partial charge in [-0.15, -0.1) is 6.58 Å². The molecule has 4 heteroatoms. The first kappa shape index (κ1) is 13.2. The first-order chi connectivity index (χ1) is 9.15. The normalized spacial score (nSPS) is 10.3. The molecule has 0 bridgehead atoms. The van der Waals surface area contributed by atoms with Gasteiger partial charge in [0.15, 0.2) is 0 Å². The molecular formula is C15H19N3O. The van der Waals surface area contributed by atoms with Crippen molar-refractivity contribution in [3.8, 4) is 11.4 Å². The molecule has 0 saturated carbocycles. The van der Waals surface area contributed by atoms with Crippen molar-refractivity contribution in [2.45, 2.75) is 13.8 Å². The quantitative estimate of drug-likeness (QED) is 0.837. The topological polar surface area (TPSA) is 39.1 Å². The predicted molar refractivity (Wildman–Crippen MR) is 78.3 cm³/mol. The van der Waals surface area contributed by atoms with Crippen LogP contribution in [-0.2, 0) is 0 Å². The van der Waals surface area contributed by atoms with E-state index < -0.39 is 0 Å². The number of rotatable bonds is 5. The summed E-state index contributed by atoms with van der Waals surface area (Å²) in [6.07, 6.45) is 3.83. The molecule has 0 radical (unpaired) electrons. The summed E-state index contributed by atoms with van der Waals surface area (Å²) in [5.41, 5.74) is 3.20. The fraction of sp³-hybridized carbons (Fsp3) is 0.267. The van der Waals surface area contributed by atoms with Crippen LogP contribution < -0.4 is 10.1 Å². The Bertz CT molecular complexity index is 587. The van der Waals surface area contributed by atoms with Gasteiger partial charge in [-0.1, -0.05) is 6.08 Å². The molecule has 4 nitrogen and oxygen atoms in total. The maximum absolute atomic E-state index is 5.23. The van der Waals surface area contributed by atoms with Crippen LogP contribution in [0, 0.1) is 13.8 Å². The molecule has 0 spiro atoms. The molecule has 0 aliphatic heterocycles. The molecule has 0 unspecified atom stereocenters. The molecule has 100 valence electrons. The number of nitrogens with one attached hydrogen (secondary N) is 1. The zero-order valence-corrected chi connectivity index (χ0v) is 11.6. The Balaban J connectivity index is 2.43. The van der Waals surface area contributed by atoms with E-state index in [0.717, 1.165) is 28.6 Å². The molecule has 2 rings (SSSR count). The van der Waals surface area contributed by atoms with Crippen LogP contribution >= 0.6 is 0 Å². The average molecular weight is 257 g/mol. The van der Waals surface area contributed by atoms with Gasteiger partial charge in [0.25, 0.3) is 0 Å². The third kappa shape index (κ3) is 2.78. The van der Waals surface area contributed by atoms with Crippen LogP contribution in [-0.4, -0.2) is 23.2 Å². The molecule has 0 aliphatic carbocycles. The highest BCUT2D eigenvalue weighted by Crippen LogP contribution is 2.23. The van der Waals surface area contributed by atoms with Crippen LogP contribution in [0.1, 0.15) is 11.3 Å². The van der Waals surface area contributed by atoms with Crippen LogP contribution in [0.4, 0.5) is 5.95 Å². The molecule has 2 aromatic rings. The van der Waals surface area contributed by atoms with Crippen LogP contribution in [0.3, 0.4) is 0 Å². The smallest absolute Gasteiger partial charge is 0.207 e. The highest BCUT2D eigenvalue weighted by Gasteiger charge is 2.09. The summed E-state index contributed by atoms with van der Waals surface area (Å²) in [7, 11) is 1.67. The van der Waals surface area contributed by atoms with Crippen LogP contribution in [0.15, 0.2) is 37.1 Å². The molecule has 1 heterocycles. The second kappa shape index (κ2) is 5.61. The SMILES string of the molecule is C=CCNc1nc(C)cn1-c1ccc(OC)cc1C. The molecule has 0 amide bonds. The van der Waals surface area contributed by atoms with Gasteiger partial charge in [0.1, 0.15) is 5.75 Å². The van der Waals surface area contributed by atoms with Gasteiger partial charge in [-0.05, 0) is 37.6 Å². The van der Waals surface area contributed by atoms with Gasteiger partial charge < -0.3 is 10.1 Å². The van der Waals surface area contributed by atoms with Gasteiger partial charge in [-0.3, -0.25) is 4.57 Å². The number of anilines is 1. The molecule has 1 aromatic carbocycles. The fourth-order valence-electron chi connectivity index (χ4n) is 1.99. The van der Waals surface area contributed by atoms with Crippen LogP contribution in [0.5, 0.6) is 5.75 Å². The summed E-state index contributed by atoms with van der Waals surface area (Å²) in [4.78, 5) is 4.48. The third-order valence-electron chi connectivity index (χ3n) is 2.89. The van der Waals surface area contributed by atoms with Gasteiger partial charge in [0.05, 0.1) is 18.5 Å². The minimum Gasteiger partial charge on any atom is -0.497 e. The number of imidazole rings is 1. The van der Waals surface area contributed by atoms with E-state index in [2.05, 4.69) is 23.8 Å². The van der Waals surface area contributed by atoms with E-state index in [1.807, 2.05) is 42.0 Å². The minimum atomic E-state index is 0.686. The van der Waals surface area contributed by atoms with Crippen molar-refractivity contribution in [2.24, 2.45) is 0 Å². The van der Waals surface area contributed by atoms with Crippen molar-refractivity contribution in [1.82, 2.24) is 9.55 Å². The summed E-state index contributed by atoms with van der Waals surface area (Å²) in [5.74, 6) is 1.68. The number of aryl methyl sites for hydroxylation is 2. The molecule has 0 saturated heterocycles. The van der Waals surface area contributed by atoms with E-state index in [1.165, 1.54) is 0 Å². The summed E-state index contributed by atoms with van der Waals surface area (Å²) in [5, 5.41) is 3.24. The Morgan fingerprint density at radius 1 is 1.42 bits per heavy atom. The van der Waals surface area contributed by atoms with E-state index in [4.69, 9.17) is 4.74 Å². The van der Waals surface area contributed by atoms with Crippen molar-refractivity contribution in [3.05, 3.63) is 48.3 Å². The Kier molecular flexibility index (Phi) is 3.90. The third-order valence-corrected chi connectivity index (χ3v) is 2.89. The number of benzene rings is 1. The Hall–Kier alpha value is -2.23. The van der Waals surface area contributed by atoms with Crippen molar-refractivity contribution < 1.29 is 4.74 Å². The van der Waals surface area contributed by atoms with E-state index in [-0.39, 0.29) is 0 Å². The summed E-state index contributed by atoms with van der Waals surface area (Å²) < 4.78 is 7.28. The lowest BCUT2D eigenvalue weighted by molar-refractivity contribution is 0.414. The first-order valence-corrected chi connectivity index (χ1v) is 6.21. The maximum Gasteiger partial charge on any atom is 0.207 e. The van der Waals surface area contributed by atoms with Crippen LogP contribution in [0.25, 0.3) is 5.69 Å². The second-order valence-corrected chi connectivity index (χ2v) is 4.40. The number of methoxy groups -OCH3 is 1. The van der Waals surface area contributed by atoms with E-state index in [9.17, 15) is 0 Å². The summed E-state index contributed by atoms with van der Waals surface area (Å²) in [6, 6.07) is 6.01. The highest BCUT2D eigenvalue weighted by molar-refractivity contribution is 5.50. The molecular weight excluding hydrogens is 238 g/mol. The monoisotopic (exact) mass is 257 g/mol. The molecule has 1 aromatic heterocycles. The maximum atomic E-state index is 5.23. The van der Waals surface area contributed by atoms with E-state index in [1.54, 1.807) is 7.11 Å². The molecule has 0 aliphatic rings. The lowest BCUT2D eigenvalue weighted by atomic mass is 10.2. The van der Waals surface area contributed by atoms with Crippen LogP contribution in [0.2, 0.25) is 0 Å². The summed E-state index contributed by atoms with van der Waals surface area (Å²) in [6.45, 7) is 8.44. The molecule has 0 atom stereocenters. The summed E-state index contributed by atoms with van der Waals surface area (Å²) >= 11 is 0. The highest BCUT2D eigenvalue weighted by atomic mass is 16.5. The molecule has 19 heavy (non-hydrogen) atoms. The number of hydrogen-bond donors (Lipinski definition) is 1. The van der Waals surface area contributed by atoms with E-state index >= 15 is 0 Å². The zero-order valence-electron chi connectivity index (χ0n) is 11.6. The van der Waals surface area contributed by atoms with Gasteiger partial charge in [0.2, 0.25) is 5.95 Å². The molecule has 0 fully saturated rings. The second-order valence-electron chi connectivity index (χ2n) is 4.40. The number of hydrogen-bond acceptors (Lipinski definition) is 3. The Morgan fingerprint density at radius 2 is 2.21 bits per heavy atom. The van der Waals surface area contributed by atoms with Gasteiger partial charge in [-0.2, -0.15) is 0 Å². The lowest BCUT2D eigenvalue weighted by Crippen LogP contribution is -2.06. The largest absolute Gasteiger partial charge is 0.497 e. The fourth-order valence-corrected chi connectivity index (χ4v) is 1.99. The van der Waals surface area contributed by atoms with Gasteiger partial charge in [0, 0.05) is 12.7 Å². The standard InChI is InChI=1S/C15H19N3O/c1-5-8-16-15-17-12(3)10-18(15)14-7-6-13(19-4)9-11(14)2/h5-7,9-10H,1,8H2,2-4H3,(H,16,17). The van der Waals surface area contributed by atoms with Gasteiger partial charge in [-0.25, -0.2) is 4.98 Å². The Morgan fingerprint density at radius 3 is 2.84 bits per heavy atom. The number of ether oxygens (including phenoxy) is 1. The number of aromatic nitrogens is 2. The van der Waals surface area contributed by atoms with Crippen molar-refractivity contribution in [3.63, 3.8) is 0 Å².